The number of rotatable bonds is 5. The van der Waals surface area contributed by atoms with Crippen LogP contribution in [0.2, 0.25) is 0 Å². The number of aromatic nitrogens is 1. The van der Waals surface area contributed by atoms with E-state index in [1.54, 1.807) is 0 Å². The first-order valence-electron chi connectivity index (χ1n) is 13.6. The number of methoxy groups -OCH3 is 1. The van der Waals surface area contributed by atoms with E-state index in [2.05, 4.69) is 15.3 Å². The van der Waals surface area contributed by atoms with Gasteiger partial charge in [-0.3, -0.25) is 4.79 Å². The third-order valence-corrected chi connectivity index (χ3v) is 6.16. The number of aliphatic imine (C=N–C) groups is 1. The smallest absolute Gasteiger partial charge is 0.428 e. The number of ether oxygens (including phenoxy) is 4. The van der Waals surface area contributed by atoms with Gasteiger partial charge >= 0.3 is 18.2 Å². The fourth-order valence-electron chi connectivity index (χ4n) is 4.28. The normalized spacial score (nSPS) is 19.9. The lowest BCUT2D eigenvalue weighted by Crippen LogP contribution is -2.58. The van der Waals surface area contributed by atoms with E-state index in [4.69, 9.17) is 24.2 Å². The van der Waals surface area contributed by atoms with Gasteiger partial charge in [0.25, 0.3) is 12.3 Å². The molecule has 3 amide bonds. The molecule has 242 valence electrons. The molecule has 0 bridgehead atoms. The average Bonchev–Trinajstić information content (AvgIpc) is 2.91. The number of imide groups is 1. The van der Waals surface area contributed by atoms with Crippen LogP contribution in [-0.2, 0) is 24.5 Å². The lowest BCUT2D eigenvalue weighted by molar-refractivity contribution is -0.126. The molecule has 1 aliphatic rings. The average molecular weight is 634 g/mol. The third-order valence-electron chi connectivity index (χ3n) is 6.16. The van der Waals surface area contributed by atoms with Crippen LogP contribution in [0.25, 0.3) is 0 Å². The van der Waals surface area contributed by atoms with E-state index < -0.39 is 65.3 Å². The lowest BCUT2D eigenvalue weighted by Gasteiger charge is -2.43. The van der Waals surface area contributed by atoms with Gasteiger partial charge in [-0.1, -0.05) is 0 Å². The maximum atomic E-state index is 15.6. The van der Waals surface area contributed by atoms with Gasteiger partial charge in [0, 0.05) is 24.6 Å². The van der Waals surface area contributed by atoms with E-state index in [0.29, 0.717) is 0 Å². The van der Waals surface area contributed by atoms with Crippen LogP contribution in [0.4, 0.5) is 28.4 Å². The number of nitrogens with one attached hydrogen (secondary N) is 1. The molecule has 3 atom stereocenters. The first-order valence-corrected chi connectivity index (χ1v) is 13.6. The number of alkyl halides is 2. The van der Waals surface area contributed by atoms with Crippen LogP contribution in [0, 0.1) is 17.1 Å². The van der Waals surface area contributed by atoms with Crippen LogP contribution in [-0.4, -0.2) is 70.9 Å². The number of amidine groups is 1. The topological polar surface area (TPSA) is 152 Å². The number of carbonyl (C=O) groups excluding carboxylic acids is 3. The summed E-state index contributed by atoms with van der Waals surface area (Å²) in [6.07, 6.45) is -8.61. The SMILES string of the molecule is CO[C@H]1[C@@H](C(F)F)OC(N(C(=O)OC(C)(C)C)C(=O)OC(C)(C)C)=N[C@]1(C)c1cc(NC(=O)c2ccc(C#N)cn2)ccc1F. The highest BCUT2D eigenvalue weighted by Crippen LogP contribution is 2.41. The fourth-order valence-corrected chi connectivity index (χ4v) is 4.28. The van der Waals surface area contributed by atoms with Gasteiger partial charge < -0.3 is 24.3 Å². The van der Waals surface area contributed by atoms with Crippen LogP contribution in [0.5, 0.6) is 0 Å². The zero-order chi connectivity index (χ0) is 33.9. The van der Waals surface area contributed by atoms with Gasteiger partial charge in [0.05, 0.1) is 5.56 Å². The predicted molar refractivity (Wildman–Crippen MR) is 154 cm³/mol. The highest BCUT2D eigenvalue weighted by atomic mass is 19.3. The molecule has 1 aromatic carbocycles. The number of nitrogens with zero attached hydrogens (tertiary/aromatic N) is 4. The Balaban J connectivity index is 2.17. The molecule has 0 unspecified atom stereocenters. The second-order valence-corrected chi connectivity index (χ2v) is 12.1. The molecule has 2 heterocycles. The van der Waals surface area contributed by atoms with Crippen molar-refractivity contribution in [2.24, 2.45) is 4.99 Å². The summed E-state index contributed by atoms with van der Waals surface area (Å²) in [4.78, 5) is 47.8. The molecule has 15 heteroatoms. The molecule has 0 saturated carbocycles. The van der Waals surface area contributed by atoms with Crippen LogP contribution < -0.4 is 5.32 Å². The van der Waals surface area contributed by atoms with Gasteiger partial charge in [-0.05, 0) is 78.8 Å². The number of pyridine rings is 1. The number of hydrogen-bond donors (Lipinski definition) is 1. The number of anilines is 1. The minimum atomic E-state index is -3.27. The number of carbonyl (C=O) groups is 3. The van der Waals surface area contributed by atoms with Crippen molar-refractivity contribution in [3.63, 3.8) is 0 Å². The molecule has 0 saturated heterocycles. The van der Waals surface area contributed by atoms with Crippen molar-refractivity contribution in [2.45, 2.75) is 83.8 Å². The van der Waals surface area contributed by atoms with Gasteiger partial charge in [-0.2, -0.15) is 5.26 Å². The van der Waals surface area contributed by atoms with Crippen molar-refractivity contribution >= 4 is 29.8 Å². The van der Waals surface area contributed by atoms with Crippen molar-refractivity contribution in [1.29, 1.82) is 5.26 Å². The standard InChI is InChI=1S/C30H34F3N5O7/c1-28(2,3)44-26(40)38(27(41)45-29(4,5)6)25-37-30(7,22(42-8)21(43-25)23(32)33)18-13-17(10-11-19(18)31)36-24(39)20-12-9-16(14-34)15-35-20/h9-13,15,21-23H,1-8H3,(H,36,39)/t21-,22-,30+/m0/s1. The molecule has 2 aromatic rings. The summed E-state index contributed by atoms with van der Waals surface area (Å²) in [5, 5.41) is 11.5. The number of nitriles is 1. The van der Waals surface area contributed by atoms with Gasteiger partial charge in [0.2, 0.25) is 0 Å². The molecule has 0 radical (unpaired) electrons. The van der Waals surface area contributed by atoms with Gasteiger partial charge in [-0.25, -0.2) is 32.7 Å². The fraction of sp³-hybridized carbons (Fsp3) is 0.467. The highest BCUT2D eigenvalue weighted by Gasteiger charge is 2.54. The molecule has 0 fully saturated rings. The van der Waals surface area contributed by atoms with E-state index >= 15 is 4.39 Å². The van der Waals surface area contributed by atoms with E-state index in [1.165, 1.54) is 72.9 Å². The minimum Gasteiger partial charge on any atom is -0.452 e. The highest BCUT2D eigenvalue weighted by molar-refractivity contribution is 6.06. The molecule has 0 spiro atoms. The van der Waals surface area contributed by atoms with Crippen molar-refractivity contribution in [3.8, 4) is 6.07 Å². The zero-order valence-electron chi connectivity index (χ0n) is 26.0. The van der Waals surface area contributed by atoms with E-state index in [9.17, 15) is 23.2 Å². The summed E-state index contributed by atoms with van der Waals surface area (Å²) in [5.74, 6) is -1.65. The maximum absolute atomic E-state index is 15.6. The molecular weight excluding hydrogens is 599 g/mol. The van der Waals surface area contributed by atoms with Crippen LogP contribution >= 0.6 is 0 Å². The first-order chi connectivity index (χ1) is 20.8. The Morgan fingerprint density at radius 3 is 2.13 bits per heavy atom. The Kier molecular flexibility index (Phi) is 10.1. The van der Waals surface area contributed by atoms with Crippen molar-refractivity contribution in [2.75, 3.05) is 12.4 Å². The van der Waals surface area contributed by atoms with E-state index in [-0.39, 0.29) is 27.4 Å². The molecule has 3 rings (SSSR count). The number of halogens is 3. The largest absolute Gasteiger partial charge is 0.452 e. The summed E-state index contributed by atoms with van der Waals surface area (Å²) in [5.41, 5.74) is -4.53. The van der Waals surface area contributed by atoms with E-state index in [0.717, 1.165) is 19.2 Å². The van der Waals surface area contributed by atoms with Crippen LogP contribution in [0.3, 0.4) is 0 Å². The van der Waals surface area contributed by atoms with Crippen LogP contribution in [0.1, 0.15) is 70.1 Å². The maximum Gasteiger partial charge on any atom is 0.428 e. The molecule has 0 aliphatic carbocycles. The minimum absolute atomic E-state index is 0.0200. The Morgan fingerprint density at radius 1 is 1.07 bits per heavy atom. The Morgan fingerprint density at radius 2 is 1.67 bits per heavy atom. The summed E-state index contributed by atoms with van der Waals surface area (Å²) in [7, 11) is 1.09. The second-order valence-electron chi connectivity index (χ2n) is 12.1. The Bertz CT molecular complexity index is 1490. The number of amides is 3. The quantitative estimate of drug-likeness (QED) is 0.433. The monoisotopic (exact) mass is 633 g/mol. The molecule has 1 aromatic heterocycles. The van der Waals surface area contributed by atoms with Gasteiger partial charge in [0.1, 0.15) is 40.4 Å². The first kappa shape index (κ1) is 34.8. The summed E-state index contributed by atoms with van der Waals surface area (Å²) >= 11 is 0. The lowest BCUT2D eigenvalue weighted by atomic mass is 9.82. The number of hydrogen-bond acceptors (Lipinski definition) is 10. The van der Waals surface area contributed by atoms with Crippen molar-refractivity contribution in [1.82, 2.24) is 9.88 Å². The molecule has 1 aliphatic heterocycles. The van der Waals surface area contributed by atoms with Crippen molar-refractivity contribution in [3.05, 3.63) is 59.2 Å². The van der Waals surface area contributed by atoms with Crippen LogP contribution in [0.15, 0.2) is 41.5 Å². The zero-order valence-corrected chi connectivity index (χ0v) is 26.0. The molecule has 1 N–H and O–H groups in total. The molecule has 45 heavy (non-hydrogen) atoms. The second kappa shape index (κ2) is 13.1. The van der Waals surface area contributed by atoms with Crippen molar-refractivity contribution < 1.29 is 46.5 Å². The third kappa shape index (κ3) is 8.27. The number of benzene rings is 1. The summed E-state index contributed by atoms with van der Waals surface area (Å²) in [6.45, 7) is 10.3. The van der Waals surface area contributed by atoms with Gasteiger partial charge in [0.15, 0.2) is 6.10 Å². The molecular formula is C30H34F3N5O7. The summed E-state index contributed by atoms with van der Waals surface area (Å²) < 4.78 is 66.0. The molecule has 12 nitrogen and oxygen atoms in total. The Labute approximate surface area is 258 Å². The van der Waals surface area contributed by atoms with Gasteiger partial charge in [-0.15, -0.1) is 4.90 Å². The predicted octanol–water partition coefficient (Wildman–Crippen LogP) is 5.77. The summed E-state index contributed by atoms with van der Waals surface area (Å²) in [6, 6.07) is 6.95. The Hall–Kier alpha value is -4.71. The van der Waals surface area contributed by atoms with E-state index in [1.807, 2.05) is 6.07 Å².